The largest absolute Gasteiger partial charge is 0.307 e. The van der Waals surface area contributed by atoms with E-state index < -0.39 is 5.24 Å². The Bertz CT molecular complexity index is 641. The Balaban J connectivity index is 2.20. The number of aryl methyl sites for hydroxylation is 1. The van der Waals surface area contributed by atoms with Crippen molar-refractivity contribution in [3.05, 3.63) is 59.3 Å². The molecule has 1 amide bonds. The highest BCUT2D eigenvalue weighted by Gasteiger charge is 2.09. The highest BCUT2D eigenvalue weighted by atomic mass is 35.5. The van der Waals surface area contributed by atoms with Crippen LogP contribution in [0.2, 0.25) is 0 Å². The lowest BCUT2D eigenvalue weighted by atomic mass is 10.1. The Morgan fingerprint density at radius 3 is 2.47 bits per heavy atom. The van der Waals surface area contributed by atoms with Gasteiger partial charge < -0.3 is 5.32 Å². The predicted molar refractivity (Wildman–Crippen MR) is 73.6 cm³/mol. The average molecular weight is 275 g/mol. The molecule has 96 valence electrons. The minimum absolute atomic E-state index is 0.284. The normalized spacial score (nSPS) is 10.0. The molecule has 2 rings (SSSR count). The van der Waals surface area contributed by atoms with E-state index in [0.29, 0.717) is 11.4 Å². The van der Waals surface area contributed by atoms with E-state index in [1.165, 1.54) is 6.07 Å². The number of aromatic nitrogens is 1. The minimum Gasteiger partial charge on any atom is -0.307 e. The fourth-order valence-corrected chi connectivity index (χ4v) is 1.70. The second kappa shape index (κ2) is 5.63. The minimum atomic E-state index is -0.594. The van der Waals surface area contributed by atoms with Crippen LogP contribution in [0.5, 0.6) is 0 Å². The van der Waals surface area contributed by atoms with Gasteiger partial charge in [0.15, 0.2) is 0 Å². The summed E-state index contributed by atoms with van der Waals surface area (Å²) >= 11 is 5.38. The lowest BCUT2D eigenvalue weighted by Crippen LogP contribution is -2.13. The van der Waals surface area contributed by atoms with Gasteiger partial charge in [-0.2, -0.15) is 0 Å². The summed E-state index contributed by atoms with van der Waals surface area (Å²) in [6, 6.07) is 11.5. The van der Waals surface area contributed by atoms with Crippen molar-refractivity contribution >= 4 is 28.6 Å². The van der Waals surface area contributed by atoms with Crippen molar-refractivity contribution in [2.75, 3.05) is 5.32 Å². The number of hydrogen-bond acceptors (Lipinski definition) is 3. The van der Waals surface area contributed by atoms with E-state index in [-0.39, 0.29) is 11.5 Å². The van der Waals surface area contributed by atoms with Crippen LogP contribution >= 0.6 is 11.6 Å². The molecule has 1 aromatic carbocycles. The van der Waals surface area contributed by atoms with Crippen LogP contribution in [0.3, 0.4) is 0 Å². The lowest BCUT2D eigenvalue weighted by molar-refractivity contribution is 0.102. The molecule has 0 atom stereocenters. The third kappa shape index (κ3) is 3.39. The summed E-state index contributed by atoms with van der Waals surface area (Å²) in [5.74, 6) is 0.130. The predicted octanol–water partition coefficient (Wildman–Crippen LogP) is 3.02. The molecule has 0 bridgehead atoms. The zero-order valence-corrected chi connectivity index (χ0v) is 10.9. The van der Waals surface area contributed by atoms with Gasteiger partial charge in [0.2, 0.25) is 0 Å². The van der Waals surface area contributed by atoms with Gasteiger partial charge in [0, 0.05) is 16.8 Å². The molecule has 0 saturated heterocycles. The molecule has 2 aromatic rings. The first-order valence-electron chi connectivity index (χ1n) is 5.61. The number of rotatable bonds is 3. The molecule has 0 aliphatic rings. The summed E-state index contributed by atoms with van der Waals surface area (Å²) < 4.78 is 0. The average Bonchev–Trinajstić information content (AvgIpc) is 2.39. The summed E-state index contributed by atoms with van der Waals surface area (Å²) in [5.41, 5.74) is 1.45. The summed E-state index contributed by atoms with van der Waals surface area (Å²) in [4.78, 5) is 27.2. The Morgan fingerprint density at radius 2 is 1.79 bits per heavy atom. The molecule has 19 heavy (non-hydrogen) atoms. The van der Waals surface area contributed by atoms with E-state index in [1.54, 1.807) is 30.3 Å². The summed E-state index contributed by atoms with van der Waals surface area (Å²) in [6.07, 6.45) is 0. The number of carbonyl (C=O) groups excluding carboxylic acids is 2. The number of pyridine rings is 1. The maximum absolute atomic E-state index is 12.0. The number of benzene rings is 1. The van der Waals surface area contributed by atoms with Gasteiger partial charge in [-0.05, 0) is 42.8 Å². The topological polar surface area (TPSA) is 59.1 Å². The number of nitrogens with one attached hydrogen (secondary N) is 1. The molecular formula is C14H11ClN2O2. The van der Waals surface area contributed by atoms with Crippen LogP contribution in [0.1, 0.15) is 26.4 Å². The molecule has 5 heteroatoms. The summed E-state index contributed by atoms with van der Waals surface area (Å²) in [6.45, 7) is 1.84. The smallest absolute Gasteiger partial charge is 0.256 e. The number of anilines is 1. The molecule has 4 nitrogen and oxygen atoms in total. The van der Waals surface area contributed by atoms with Gasteiger partial charge in [0.25, 0.3) is 11.1 Å². The van der Waals surface area contributed by atoms with Crippen molar-refractivity contribution in [2.24, 2.45) is 0 Å². The van der Waals surface area contributed by atoms with Crippen molar-refractivity contribution in [3.63, 3.8) is 0 Å². The zero-order chi connectivity index (χ0) is 13.8. The lowest BCUT2D eigenvalue weighted by Gasteiger charge is -2.05. The Labute approximate surface area is 115 Å². The van der Waals surface area contributed by atoms with Gasteiger partial charge in [-0.25, -0.2) is 4.98 Å². The molecule has 0 radical (unpaired) electrons. The van der Waals surface area contributed by atoms with E-state index in [4.69, 9.17) is 11.6 Å². The van der Waals surface area contributed by atoms with E-state index in [2.05, 4.69) is 10.3 Å². The van der Waals surface area contributed by atoms with Crippen molar-refractivity contribution in [3.8, 4) is 0 Å². The van der Waals surface area contributed by atoms with Crippen LogP contribution in [0.4, 0.5) is 5.82 Å². The third-order valence-electron chi connectivity index (χ3n) is 2.48. The van der Waals surface area contributed by atoms with Gasteiger partial charge >= 0.3 is 0 Å². The molecular weight excluding hydrogens is 264 g/mol. The fourth-order valence-electron chi connectivity index (χ4n) is 1.58. The van der Waals surface area contributed by atoms with E-state index in [0.717, 1.165) is 5.69 Å². The maximum atomic E-state index is 12.0. The Morgan fingerprint density at radius 1 is 1.11 bits per heavy atom. The SMILES string of the molecule is Cc1cccc(NC(=O)c2cccc(C(=O)Cl)c2)n1. The number of carbonyl (C=O) groups is 2. The van der Waals surface area contributed by atoms with E-state index in [9.17, 15) is 9.59 Å². The molecule has 0 saturated carbocycles. The third-order valence-corrected chi connectivity index (χ3v) is 2.70. The first-order valence-corrected chi connectivity index (χ1v) is 5.99. The number of halogens is 1. The number of hydrogen-bond donors (Lipinski definition) is 1. The highest BCUT2D eigenvalue weighted by molar-refractivity contribution is 6.67. The monoisotopic (exact) mass is 274 g/mol. The molecule has 1 N–H and O–H groups in total. The van der Waals surface area contributed by atoms with E-state index in [1.807, 2.05) is 13.0 Å². The second-order valence-electron chi connectivity index (χ2n) is 3.97. The van der Waals surface area contributed by atoms with Crippen molar-refractivity contribution in [1.29, 1.82) is 0 Å². The highest BCUT2D eigenvalue weighted by Crippen LogP contribution is 2.11. The molecule has 1 heterocycles. The Hall–Kier alpha value is -2.20. The van der Waals surface area contributed by atoms with Crippen molar-refractivity contribution < 1.29 is 9.59 Å². The van der Waals surface area contributed by atoms with Crippen LogP contribution in [0.15, 0.2) is 42.5 Å². The van der Waals surface area contributed by atoms with Crippen molar-refractivity contribution in [1.82, 2.24) is 4.98 Å². The van der Waals surface area contributed by atoms with Crippen LogP contribution in [0, 0.1) is 6.92 Å². The standard InChI is InChI=1S/C14H11ClN2O2/c1-9-4-2-7-12(16-9)17-14(19)11-6-3-5-10(8-11)13(15)18/h2-8H,1H3,(H,16,17,19). The summed E-state index contributed by atoms with van der Waals surface area (Å²) in [7, 11) is 0. The second-order valence-corrected chi connectivity index (χ2v) is 4.32. The first kappa shape index (κ1) is 13.2. The zero-order valence-electron chi connectivity index (χ0n) is 10.2. The van der Waals surface area contributed by atoms with Crippen LogP contribution < -0.4 is 5.32 Å². The van der Waals surface area contributed by atoms with Gasteiger partial charge in [0.05, 0.1) is 0 Å². The molecule has 0 spiro atoms. The van der Waals surface area contributed by atoms with Crippen LogP contribution in [0.25, 0.3) is 0 Å². The van der Waals surface area contributed by atoms with Crippen LogP contribution in [-0.2, 0) is 0 Å². The maximum Gasteiger partial charge on any atom is 0.256 e. The van der Waals surface area contributed by atoms with Gasteiger partial charge in [-0.3, -0.25) is 9.59 Å². The molecule has 0 fully saturated rings. The van der Waals surface area contributed by atoms with Crippen molar-refractivity contribution in [2.45, 2.75) is 6.92 Å². The molecule has 0 aliphatic carbocycles. The molecule has 0 aliphatic heterocycles. The fraction of sp³-hybridized carbons (Fsp3) is 0.0714. The van der Waals surface area contributed by atoms with Gasteiger partial charge in [-0.15, -0.1) is 0 Å². The summed E-state index contributed by atoms with van der Waals surface area (Å²) in [5, 5.41) is 2.07. The number of nitrogens with zero attached hydrogens (tertiary/aromatic N) is 1. The number of amides is 1. The van der Waals surface area contributed by atoms with Gasteiger partial charge in [-0.1, -0.05) is 18.2 Å². The van der Waals surface area contributed by atoms with Crippen LogP contribution in [-0.4, -0.2) is 16.1 Å². The first-order chi connectivity index (χ1) is 9.06. The quantitative estimate of drug-likeness (QED) is 0.875. The van der Waals surface area contributed by atoms with Gasteiger partial charge in [0.1, 0.15) is 5.82 Å². The molecule has 1 aromatic heterocycles. The van der Waals surface area contributed by atoms with E-state index >= 15 is 0 Å². The Kier molecular flexibility index (Phi) is 3.92. The molecule has 0 unspecified atom stereocenters.